The fraction of sp³-hybridized carbons (Fsp3) is 0.417. The van der Waals surface area contributed by atoms with Crippen molar-refractivity contribution in [2.24, 2.45) is 5.92 Å². The van der Waals surface area contributed by atoms with Crippen LogP contribution in [0, 0.1) is 17.8 Å². The van der Waals surface area contributed by atoms with Gasteiger partial charge in [-0.05, 0) is 81.0 Å². The highest BCUT2D eigenvalue weighted by Gasteiger charge is 2.29. The van der Waals surface area contributed by atoms with E-state index < -0.39 is 0 Å². The van der Waals surface area contributed by atoms with E-state index >= 15 is 0 Å². The van der Waals surface area contributed by atoms with Crippen molar-refractivity contribution in [3.8, 4) is 23.2 Å². The van der Waals surface area contributed by atoms with Crippen molar-refractivity contribution in [3.05, 3.63) is 95.2 Å². The zero-order valence-electron chi connectivity index (χ0n) is 26.0. The van der Waals surface area contributed by atoms with Crippen molar-refractivity contribution in [2.75, 3.05) is 26.3 Å². The Bertz CT molecular complexity index is 1600. The molecule has 234 valence electrons. The first kappa shape index (κ1) is 30.8. The number of nitrogens with zero attached hydrogens (tertiary/aromatic N) is 4. The third-order valence-corrected chi connectivity index (χ3v) is 8.17. The maximum absolute atomic E-state index is 11.6. The summed E-state index contributed by atoms with van der Waals surface area (Å²) < 4.78 is 24.6. The molecular weight excluding hydrogens is 568 g/mol. The van der Waals surface area contributed by atoms with E-state index in [0.717, 1.165) is 73.7 Å². The largest absolute Gasteiger partial charge is 0.466 e. The minimum Gasteiger partial charge on any atom is -0.466 e. The van der Waals surface area contributed by atoms with Gasteiger partial charge in [-0.3, -0.25) is 9.69 Å². The molecule has 2 aliphatic heterocycles. The molecule has 9 heteroatoms. The predicted molar refractivity (Wildman–Crippen MR) is 169 cm³/mol. The number of aromatic nitrogens is 3. The molecule has 2 fully saturated rings. The van der Waals surface area contributed by atoms with E-state index in [9.17, 15) is 4.79 Å². The van der Waals surface area contributed by atoms with Gasteiger partial charge in [0.1, 0.15) is 17.6 Å². The molecule has 0 amide bonds. The molecule has 0 aliphatic carbocycles. The molecule has 4 heterocycles. The lowest BCUT2D eigenvalue weighted by Gasteiger charge is -2.38. The fourth-order valence-electron chi connectivity index (χ4n) is 5.82. The molecule has 0 saturated carbocycles. The molecule has 9 nitrogen and oxygen atoms in total. The molecule has 2 atom stereocenters. The van der Waals surface area contributed by atoms with Gasteiger partial charge in [0, 0.05) is 61.4 Å². The summed E-state index contributed by atoms with van der Waals surface area (Å²) in [6, 6.07) is 18.3. The van der Waals surface area contributed by atoms with Crippen LogP contribution in [0.1, 0.15) is 73.8 Å². The van der Waals surface area contributed by atoms with Gasteiger partial charge in [-0.25, -0.2) is 4.98 Å². The highest BCUT2D eigenvalue weighted by atomic mass is 16.7. The summed E-state index contributed by atoms with van der Waals surface area (Å²) in [6.07, 6.45) is 6.99. The number of ether oxygens (including phenoxy) is 3. The Morgan fingerprint density at radius 1 is 1.04 bits per heavy atom. The van der Waals surface area contributed by atoms with Gasteiger partial charge in [0.25, 0.3) is 0 Å². The van der Waals surface area contributed by atoms with Crippen molar-refractivity contribution < 1.29 is 23.5 Å². The molecule has 0 spiro atoms. The first-order valence-electron chi connectivity index (χ1n) is 15.9. The number of esters is 1. The molecule has 0 radical (unpaired) electrons. The van der Waals surface area contributed by atoms with Crippen LogP contribution < -0.4 is 0 Å². The Balaban J connectivity index is 0.993. The van der Waals surface area contributed by atoms with Crippen LogP contribution in [0.15, 0.2) is 71.5 Å². The van der Waals surface area contributed by atoms with Gasteiger partial charge in [0.15, 0.2) is 12.1 Å². The van der Waals surface area contributed by atoms with Gasteiger partial charge in [0.05, 0.1) is 19.6 Å². The van der Waals surface area contributed by atoms with Gasteiger partial charge in [-0.15, -0.1) is 0 Å². The Morgan fingerprint density at radius 2 is 1.80 bits per heavy atom. The summed E-state index contributed by atoms with van der Waals surface area (Å²) in [7, 11) is 0. The lowest BCUT2D eigenvalue weighted by atomic mass is 9.95. The second-order valence-electron chi connectivity index (χ2n) is 11.8. The molecule has 4 aromatic rings. The molecule has 45 heavy (non-hydrogen) atoms. The smallest absolute Gasteiger partial charge is 0.306 e. The van der Waals surface area contributed by atoms with Gasteiger partial charge in [-0.1, -0.05) is 29.1 Å². The molecule has 1 unspecified atom stereocenters. The molecule has 6 rings (SSSR count). The van der Waals surface area contributed by atoms with Crippen molar-refractivity contribution in [3.63, 3.8) is 0 Å². The van der Waals surface area contributed by atoms with E-state index in [-0.39, 0.29) is 18.4 Å². The number of hydrogen-bond donors (Lipinski definition) is 0. The van der Waals surface area contributed by atoms with E-state index in [1.165, 1.54) is 5.56 Å². The number of carbonyl (C=O) groups excluding carboxylic acids is 1. The zero-order valence-corrected chi connectivity index (χ0v) is 26.0. The molecule has 2 aromatic heterocycles. The minimum absolute atomic E-state index is 0.0931. The van der Waals surface area contributed by atoms with E-state index in [1.807, 2.05) is 54.9 Å². The summed E-state index contributed by atoms with van der Waals surface area (Å²) in [5.41, 5.74) is 4.89. The van der Waals surface area contributed by atoms with Gasteiger partial charge in [-0.2, -0.15) is 0 Å². The van der Waals surface area contributed by atoms with Crippen LogP contribution in [-0.2, 0) is 32.1 Å². The van der Waals surface area contributed by atoms with Crippen LogP contribution >= 0.6 is 0 Å². The second kappa shape index (κ2) is 14.7. The second-order valence-corrected chi connectivity index (χ2v) is 11.8. The number of benzene rings is 2. The molecule has 2 aliphatic rings. The van der Waals surface area contributed by atoms with Crippen molar-refractivity contribution in [2.45, 2.75) is 65.0 Å². The molecule has 2 aromatic carbocycles. The van der Waals surface area contributed by atoms with Gasteiger partial charge < -0.3 is 23.3 Å². The maximum Gasteiger partial charge on any atom is 0.306 e. The predicted octanol–water partition coefficient (Wildman–Crippen LogP) is 5.98. The zero-order chi connectivity index (χ0) is 31.0. The average molecular weight is 609 g/mol. The Morgan fingerprint density at radius 3 is 2.51 bits per heavy atom. The van der Waals surface area contributed by atoms with Crippen LogP contribution in [-0.4, -0.2) is 58.2 Å². The summed E-state index contributed by atoms with van der Waals surface area (Å²) >= 11 is 0. The van der Waals surface area contributed by atoms with E-state index in [1.54, 1.807) is 6.20 Å². The molecule has 2 saturated heterocycles. The monoisotopic (exact) mass is 608 g/mol. The third kappa shape index (κ3) is 8.28. The van der Waals surface area contributed by atoms with Crippen LogP contribution in [0.25, 0.3) is 11.3 Å². The molecular formula is C36H40N4O5. The highest BCUT2D eigenvalue weighted by molar-refractivity contribution is 5.69. The number of carbonyl (C=O) groups is 1. The number of likely N-dealkylation sites (tertiary alicyclic amines) is 1. The quantitative estimate of drug-likeness (QED) is 0.152. The number of rotatable bonds is 11. The normalized spacial score (nSPS) is 17.7. The van der Waals surface area contributed by atoms with Crippen LogP contribution in [0.2, 0.25) is 0 Å². The average Bonchev–Trinajstić information content (AvgIpc) is 3.71. The lowest BCUT2D eigenvalue weighted by molar-refractivity contribution is -0.188. The van der Waals surface area contributed by atoms with Gasteiger partial charge >= 0.3 is 5.97 Å². The van der Waals surface area contributed by atoms with Crippen LogP contribution in [0.3, 0.4) is 0 Å². The maximum atomic E-state index is 11.6. The summed E-state index contributed by atoms with van der Waals surface area (Å²) in [6.45, 7) is 8.32. The SMILES string of the molecule is CCOC(=O)CC1CN(Cc2ccc(C#Cc3ccc(-c4cc(Cn5ccnc5[C@H](C)OC5CCCCO5)no4)cc3)cc2)C1. The number of imidazole rings is 1. The van der Waals surface area contributed by atoms with E-state index in [2.05, 4.69) is 51.1 Å². The summed E-state index contributed by atoms with van der Waals surface area (Å²) in [4.78, 5) is 18.5. The first-order chi connectivity index (χ1) is 22.0. The molecule has 0 N–H and O–H groups in total. The first-order valence-corrected chi connectivity index (χ1v) is 15.9. The van der Waals surface area contributed by atoms with E-state index in [0.29, 0.717) is 31.3 Å². The van der Waals surface area contributed by atoms with Crippen LogP contribution in [0.4, 0.5) is 0 Å². The highest BCUT2D eigenvalue weighted by Crippen LogP contribution is 2.25. The van der Waals surface area contributed by atoms with E-state index in [4.69, 9.17) is 18.7 Å². The minimum atomic E-state index is -0.190. The van der Waals surface area contributed by atoms with Crippen LogP contribution in [0.5, 0.6) is 0 Å². The van der Waals surface area contributed by atoms with Gasteiger partial charge in [0.2, 0.25) is 0 Å². The standard InChI is InChI=1S/C36H40N4O5/c1-3-42-34(41)20-30-23-39(24-30)22-29-11-9-27(10-12-29)7-8-28-13-15-31(16-14-28)33-21-32(38-45-33)25-40-18-17-37-36(40)26(2)44-35-6-4-5-19-43-35/h9-18,21,26,30,35H,3-6,19-20,22-25H2,1-2H3/t26-,35?/m0/s1. The lowest BCUT2D eigenvalue weighted by Crippen LogP contribution is -2.46. The Kier molecular flexibility index (Phi) is 10.1. The number of hydrogen-bond acceptors (Lipinski definition) is 8. The Hall–Kier alpha value is -4.23. The van der Waals surface area contributed by atoms with Crippen molar-refractivity contribution >= 4 is 5.97 Å². The summed E-state index contributed by atoms with van der Waals surface area (Å²) in [5.74, 6) is 8.37. The summed E-state index contributed by atoms with van der Waals surface area (Å²) in [5, 5.41) is 4.30. The fourth-order valence-corrected chi connectivity index (χ4v) is 5.82. The third-order valence-electron chi connectivity index (χ3n) is 8.17. The molecule has 0 bridgehead atoms. The topological polar surface area (TPSA) is 91.9 Å². The van der Waals surface area contributed by atoms with Crippen molar-refractivity contribution in [1.29, 1.82) is 0 Å². The Labute approximate surface area is 264 Å². The van der Waals surface area contributed by atoms with Crippen molar-refractivity contribution in [1.82, 2.24) is 19.6 Å².